The molecule has 2 unspecified atom stereocenters. The van der Waals surface area contributed by atoms with E-state index in [0.717, 1.165) is 12.5 Å². The van der Waals surface area contributed by atoms with Crippen molar-refractivity contribution in [3.8, 4) is 0 Å². The first-order valence-corrected chi connectivity index (χ1v) is 9.16. The molecule has 0 aromatic rings. The molecule has 1 aliphatic carbocycles. The molecule has 0 radical (unpaired) electrons. The van der Waals surface area contributed by atoms with Gasteiger partial charge in [-0.2, -0.15) is 0 Å². The summed E-state index contributed by atoms with van der Waals surface area (Å²) in [6.45, 7) is 18.7. The number of nitrogens with two attached hydrogens (primary N) is 1. The molecule has 0 aromatic heterocycles. The number of rotatable bonds is 7. The highest BCUT2D eigenvalue weighted by Crippen LogP contribution is 2.47. The van der Waals surface area contributed by atoms with Gasteiger partial charge in [0.15, 0.2) is 0 Å². The maximum Gasteiger partial charge on any atom is 0.0342 e. The maximum atomic E-state index is 6.40. The Bertz CT molecular complexity index is 307. The third-order valence-electron chi connectivity index (χ3n) is 5.37. The van der Waals surface area contributed by atoms with E-state index in [1.165, 1.54) is 38.6 Å². The molecule has 0 heterocycles. The van der Waals surface area contributed by atoms with Crippen molar-refractivity contribution >= 4 is 0 Å². The van der Waals surface area contributed by atoms with Crippen LogP contribution in [0.15, 0.2) is 0 Å². The molecule has 126 valence electrons. The van der Waals surface area contributed by atoms with Crippen molar-refractivity contribution in [2.45, 2.75) is 92.2 Å². The van der Waals surface area contributed by atoms with Crippen LogP contribution in [-0.2, 0) is 0 Å². The number of hydrogen-bond donors (Lipinski definition) is 1. The summed E-state index contributed by atoms with van der Waals surface area (Å²) in [6.07, 6.45) is 6.34. The third-order valence-corrected chi connectivity index (χ3v) is 5.37. The second-order valence-corrected chi connectivity index (χ2v) is 8.80. The molecule has 0 spiro atoms. The Kier molecular flexibility index (Phi) is 6.74. The average molecular weight is 297 g/mol. The monoisotopic (exact) mass is 296 g/mol. The van der Waals surface area contributed by atoms with Gasteiger partial charge in [-0.25, -0.2) is 0 Å². The van der Waals surface area contributed by atoms with Crippen LogP contribution >= 0.6 is 0 Å². The predicted molar refractivity (Wildman–Crippen MR) is 94.5 cm³/mol. The topological polar surface area (TPSA) is 29.3 Å². The van der Waals surface area contributed by atoms with Crippen LogP contribution < -0.4 is 5.73 Å². The summed E-state index contributed by atoms with van der Waals surface area (Å²) in [5, 5.41) is 0. The molecule has 1 saturated carbocycles. The predicted octanol–water partition coefficient (Wildman–Crippen LogP) is 4.68. The maximum absolute atomic E-state index is 6.40. The summed E-state index contributed by atoms with van der Waals surface area (Å²) in [5.41, 5.74) is 7.03. The van der Waals surface area contributed by atoms with Gasteiger partial charge in [0.2, 0.25) is 0 Å². The molecular formula is C19H40N2. The summed E-state index contributed by atoms with van der Waals surface area (Å²) in [4.78, 5) is 2.81. The first kappa shape index (κ1) is 19.0. The van der Waals surface area contributed by atoms with Crippen molar-refractivity contribution in [2.75, 3.05) is 13.1 Å². The van der Waals surface area contributed by atoms with Crippen molar-refractivity contribution in [3.05, 3.63) is 0 Å². The Hall–Kier alpha value is -0.0800. The van der Waals surface area contributed by atoms with Gasteiger partial charge >= 0.3 is 0 Å². The normalized spacial score (nSPS) is 29.6. The van der Waals surface area contributed by atoms with Crippen molar-refractivity contribution < 1.29 is 0 Å². The molecule has 1 rings (SSSR count). The van der Waals surface area contributed by atoms with Crippen LogP contribution in [0.3, 0.4) is 0 Å². The van der Waals surface area contributed by atoms with E-state index in [9.17, 15) is 0 Å². The fourth-order valence-electron chi connectivity index (χ4n) is 5.04. The zero-order valence-corrected chi connectivity index (χ0v) is 15.7. The molecule has 0 amide bonds. The zero-order valence-electron chi connectivity index (χ0n) is 15.7. The van der Waals surface area contributed by atoms with Crippen LogP contribution in [-0.4, -0.2) is 29.6 Å². The van der Waals surface area contributed by atoms with Crippen LogP contribution in [0.4, 0.5) is 0 Å². The van der Waals surface area contributed by atoms with E-state index in [-0.39, 0.29) is 5.54 Å². The van der Waals surface area contributed by atoms with Crippen LogP contribution in [0.2, 0.25) is 0 Å². The Morgan fingerprint density at radius 3 is 2.10 bits per heavy atom. The van der Waals surface area contributed by atoms with E-state index in [2.05, 4.69) is 53.4 Å². The van der Waals surface area contributed by atoms with Gasteiger partial charge in [-0.15, -0.1) is 0 Å². The number of nitrogens with zero attached hydrogens (tertiary/aromatic N) is 1. The Labute approximate surface area is 133 Å². The first-order valence-electron chi connectivity index (χ1n) is 9.16. The van der Waals surface area contributed by atoms with Crippen LogP contribution in [0.25, 0.3) is 0 Å². The van der Waals surface area contributed by atoms with Gasteiger partial charge in [-0.05, 0) is 49.4 Å². The van der Waals surface area contributed by atoms with Gasteiger partial charge in [0.05, 0.1) is 0 Å². The summed E-state index contributed by atoms with van der Waals surface area (Å²) in [7, 11) is 0. The minimum Gasteiger partial charge on any atom is -0.329 e. The molecule has 2 heteroatoms. The molecule has 0 saturated heterocycles. The summed E-state index contributed by atoms with van der Waals surface area (Å²) < 4.78 is 0. The van der Waals surface area contributed by atoms with Gasteiger partial charge in [0.1, 0.15) is 0 Å². The van der Waals surface area contributed by atoms with E-state index in [0.29, 0.717) is 17.4 Å². The van der Waals surface area contributed by atoms with Crippen LogP contribution in [0.1, 0.15) is 80.6 Å². The van der Waals surface area contributed by atoms with Crippen molar-refractivity contribution in [1.29, 1.82) is 0 Å². The van der Waals surface area contributed by atoms with Gasteiger partial charge in [0, 0.05) is 24.7 Å². The summed E-state index contributed by atoms with van der Waals surface area (Å²) in [5.74, 6) is 1.48. The van der Waals surface area contributed by atoms with E-state index in [1.807, 2.05) is 0 Å². The molecule has 2 N–H and O–H groups in total. The molecule has 0 bridgehead atoms. The third kappa shape index (κ3) is 4.69. The lowest BCUT2D eigenvalue weighted by atomic mass is 9.63. The second kappa shape index (κ2) is 7.46. The minimum absolute atomic E-state index is 0.210. The van der Waals surface area contributed by atoms with Gasteiger partial charge in [-0.1, -0.05) is 48.5 Å². The second-order valence-electron chi connectivity index (χ2n) is 8.80. The molecule has 0 aromatic carbocycles. The SMILES string of the molecule is CCC(CC)N(CC(C)C)C1(CN)CC(C)CC(C)(C)C1. The fourth-order valence-corrected chi connectivity index (χ4v) is 5.04. The highest BCUT2D eigenvalue weighted by Gasteiger charge is 2.47. The molecule has 2 nitrogen and oxygen atoms in total. The lowest BCUT2D eigenvalue weighted by Crippen LogP contribution is -2.62. The largest absolute Gasteiger partial charge is 0.329 e. The Morgan fingerprint density at radius 1 is 1.14 bits per heavy atom. The van der Waals surface area contributed by atoms with E-state index in [1.54, 1.807) is 0 Å². The average Bonchev–Trinajstić information content (AvgIpc) is 2.36. The van der Waals surface area contributed by atoms with Crippen LogP contribution in [0.5, 0.6) is 0 Å². The molecule has 21 heavy (non-hydrogen) atoms. The van der Waals surface area contributed by atoms with Crippen LogP contribution in [0, 0.1) is 17.3 Å². The van der Waals surface area contributed by atoms with E-state index < -0.39 is 0 Å². The lowest BCUT2D eigenvalue weighted by Gasteiger charge is -2.55. The number of hydrogen-bond acceptors (Lipinski definition) is 2. The summed E-state index contributed by atoms with van der Waals surface area (Å²) >= 11 is 0. The fraction of sp³-hybridized carbons (Fsp3) is 1.00. The van der Waals surface area contributed by atoms with E-state index >= 15 is 0 Å². The highest BCUT2D eigenvalue weighted by atomic mass is 15.2. The minimum atomic E-state index is 0.210. The quantitative estimate of drug-likeness (QED) is 0.739. The Morgan fingerprint density at radius 2 is 1.71 bits per heavy atom. The smallest absolute Gasteiger partial charge is 0.0342 e. The zero-order chi connectivity index (χ0) is 16.3. The first-order chi connectivity index (χ1) is 9.69. The molecule has 0 aliphatic heterocycles. The standard InChI is InChI=1S/C19H40N2/c1-8-17(9-2)21(12-15(3)4)19(14-20)11-16(5)10-18(6,7)13-19/h15-17H,8-14,20H2,1-7H3. The molecular weight excluding hydrogens is 256 g/mol. The molecule has 2 atom stereocenters. The van der Waals surface area contributed by atoms with Crippen molar-refractivity contribution in [1.82, 2.24) is 4.90 Å². The molecule has 1 fully saturated rings. The highest BCUT2D eigenvalue weighted by molar-refractivity contribution is 5.02. The Balaban J connectivity index is 3.14. The lowest BCUT2D eigenvalue weighted by molar-refractivity contribution is -0.0443. The van der Waals surface area contributed by atoms with Gasteiger partial charge < -0.3 is 5.73 Å². The van der Waals surface area contributed by atoms with Crippen molar-refractivity contribution in [3.63, 3.8) is 0 Å². The summed E-state index contributed by atoms with van der Waals surface area (Å²) in [6, 6.07) is 0.678. The molecule has 1 aliphatic rings. The van der Waals surface area contributed by atoms with E-state index in [4.69, 9.17) is 5.73 Å². The van der Waals surface area contributed by atoms with Crippen molar-refractivity contribution in [2.24, 2.45) is 23.0 Å². The van der Waals surface area contributed by atoms with Gasteiger partial charge in [0.25, 0.3) is 0 Å². The van der Waals surface area contributed by atoms with Gasteiger partial charge in [-0.3, -0.25) is 4.90 Å².